The van der Waals surface area contributed by atoms with Gasteiger partial charge in [-0.15, -0.1) is 0 Å². The first-order valence-electron chi connectivity index (χ1n) is 10.1. The van der Waals surface area contributed by atoms with Crippen LogP contribution in [0.5, 0.6) is 5.75 Å². The third-order valence-electron chi connectivity index (χ3n) is 5.71. The zero-order valence-electron chi connectivity index (χ0n) is 16.1. The zero-order chi connectivity index (χ0) is 20.1. The molecule has 1 aromatic rings. The third kappa shape index (κ3) is 5.38. The van der Waals surface area contributed by atoms with Crippen molar-refractivity contribution in [1.82, 2.24) is 0 Å². The minimum atomic E-state index is -4.48. The zero-order valence-corrected chi connectivity index (χ0v) is 16.1. The van der Waals surface area contributed by atoms with E-state index in [1.54, 1.807) is 12.1 Å². The van der Waals surface area contributed by atoms with Gasteiger partial charge in [0.05, 0.1) is 13.2 Å². The predicted octanol–water partition coefficient (Wildman–Crippen LogP) is 5.99. The maximum Gasteiger partial charge on any atom is 0.461 e. The summed E-state index contributed by atoms with van der Waals surface area (Å²) in [5.41, 5.74) is 1.01. The Bertz CT molecular complexity index is 592. The third-order valence-corrected chi connectivity index (χ3v) is 5.71. The molecule has 1 heterocycles. The Morgan fingerprint density at radius 2 is 1.64 bits per heavy atom. The van der Waals surface area contributed by atoms with E-state index >= 15 is 0 Å². The number of ether oxygens (including phenoxy) is 3. The van der Waals surface area contributed by atoms with Gasteiger partial charge in [-0.1, -0.05) is 25.5 Å². The first-order valence-corrected chi connectivity index (χ1v) is 10.1. The van der Waals surface area contributed by atoms with Gasteiger partial charge in [-0.3, -0.25) is 0 Å². The normalized spacial score (nSPS) is 29.1. The molecule has 0 amide bonds. The van der Waals surface area contributed by atoms with Gasteiger partial charge in [0.25, 0.3) is 0 Å². The van der Waals surface area contributed by atoms with E-state index < -0.39 is 12.5 Å². The lowest BCUT2D eigenvalue weighted by Gasteiger charge is -2.37. The number of alkyl halides is 4. The summed E-state index contributed by atoms with van der Waals surface area (Å²) in [5.74, 6) is 0.938. The molecule has 1 saturated carbocycles. The summed E-state index contributed by atoms with van der Waals surface area (Å²) in [7, 11) is 0. The summed E-state index contributed by atoms with van der Waals surface area (Å²) in [5, 5.41) is 0. The molecule has 0 bridgehead atoms. The number of rotatable bonds is 7. The molecule has 7 heteroatoms. The van der Waals surface area contributed by atoms with Gasteiger partial charge in [0, 0.05) is 11.8 Å². The van der Waals surface area contributed by atoms with Crippen LogP contribution in [0.25, 0.3) is 0 Å². The van der Waals surface area contributed by atoms with Gasteiger partial charge in [0.15, 0.2) is 6.29 Å². The molecule has 0 unspecified atom stereocenters. The van der Waals surface area contributed by atoms with E-state index in [0.29, 0.717) is 17.8 Å². The van der Waals surface area contributed by atoms with Crippen molar-refractivity contribution in [3.63, 3.8) is 0 Å². The van der Waals surface area contributed by atoms with Crippen molar-refractivity contribution >= 4 is 0 Å². The standard InChI is InChI=1S/C21H28F4O3/c1-2-3-14-12-26-19(27-13-14)17-6-4-15(5-7-17)16-8-10-18(11-9-16)28-21(24,25)20(22)23/h8-11,14-15,17,19-20H,2-7,12-13H2,1H3. The lowest BCUT2D eigenvalue weighted by atomic mass is 9.78. The molecule has 0 N–H and O–H groups in total. The molecule has 0 atom stereocenters. The maximum atomic E-state index is 13.0. The quantitative estimate of drug-likeness (QED) is 0.523. The Labute approximate surface area is 163 Å². The second-order valence-corrected chi connectivity index (χ2v) is 7.84. The average molecular weight is 404 g/mol. The van der Waals surface area contributed by atoms with E-state index in [0.717, 1.165) is 57.3 Å². The molecule has 1 aromatic carbocycles. The number of benzene rings is 1. The minimum absolute atomic E-state index is 0.124. The van der Waals surface area contributed by atoms with Crippen molar-refractivity contribution < 1.29 is 31.8 Å². The smallest absolute Gasteiger partial charge is 0.428 e. The van der Waals surface area contributed by atoms with Gasteiger partial charge in [-0.25, -0.2) is 0 Å². The molecule has 1 aliphatic carbocycles. The van der Waals surface area contributed by atoms with Crippen LogP contribution in [0.1, 0.15) is 56.9 Å². The molecular formula is C21H28F4O3. The van der Waals surface area contributed by atoms with Crippen LogP contribution in [-0.4, -0.2) is 32.0 Å². The van der Waals surface area contributed by atoms with Crippen molar-refractivity contribution in [2.75, 3.05) is 13.2 Å². The topological polar surface area (TPSA) is 27.7 Å². The molecule has 3 rings (SSSR count). The highest BCUT2D eigenvalue weighted by Crippen LogP contribution is 2.39. The fourth-order valence-electron chi connectivity index (χ4n) is 4.14. The summed E-state index contributed by atoms with van der Waals surface area (Å²) >= 11 is 0. The highest BCUT2D eigenvalue weighted by molar-refractivity contribution is 5.30. The van der Waals surface area contributed by atoms with Gasteiger partial charge in [0.1, 0.15) is 5.75 Å². The molecular weight excluding hydrogens is 376 g/mol. The number of hydrogen-bond donors (Lipinski definition) is 0. The molecule has 1 aliphatic heterocycles. The SMILES string of the molecule is CCCC1COC(C2CCC(c3ccc(OC(F)(F)C(F)F)cc3)CC2)OC1. The Morgan fingerprint density at radius 1 is 1.04 bits per heavy atom. The van der Waals surface area contributed by atoms with Crippen molar-refractivity contribution in [3.8, 4) is 5.75 Å². The molecule has 158 valence electrons. The van der Waals surface area contributed by atoms with Crippen molar-refractivity contribution in [3.05, 3.63) is 29.8 Å². The second-order valence-electron chi connectivity index (χ2n) is 7.84. The summed E-state index contributed by atoms with van der Waals surface area (Å²) < 4.78 is 66.4. The van der Waals surface area contributed by atoms with Crippen molar-refractivity contribution in [2.24, 2.45) is 11.8 Å². The Balaban J connectivity index is 1.47. The largest absolute Gasteiger partial charge is 0.461 e. The van der Waals surface area contributed by atoms with Gasteiger partial charge in [0.2, 0.25) is 0 Å². The van der Waals surface area contributed by atoms with E-state index in [4.69, 9.17) is 9.47 Å². The first kappa shape index (κ1) is 21.4. The van der Waals surface area contributed by atoms with E-state index in [-0.39, 0.29) is 12.0 Å². The van der Waals surface area contributed by atoms with Crippen LogP contribution in [0, 0.1) is 11.8 Å². The summed E-state index contributed by atoms with van der Waals surface area (Å²) in [6.45, 7) is 3.70. The van der Waals surface area contributed by atoms with Crippen molar-refractivity contribution in [1.29, 1.82) is 0 Å². The molecule has 0 radical (unpaired) electrons. The van der Waals surface area contributed by atoms with Gasteiger partial charge >= 0.3 is 12.5 Å². The van der Waals surface area contributed by atoms with Crippen LogP contribution in [0.4, 0.5) is 17.6 Å². The fourth-order valence-corrected chi connectivity index (χ4v) is 4.14. The Hall–Kier alpha value is -1.34. The molecule has 0 spiro atoms. The molecule has 1 saturated heterocycles. The van der Waals surface area contributed by atoms with Crippen LogP contribution < -0.4 is 4.74 Å². The van der Waals surface area contributed by atoms with E-state index in [9.17, 15) is 17.6 Å². The lowest BCUT2D eigenvalue weighted by molar-refractivity contribution is -0.253. The second kappa shape index (κ2) is 9.44. The lowest BCUT2D eigenvalue weighted by Crippen LogP contribution is -2.38. The fraction of sp³-hybridized carbons (Fsp3) is 0.714. The van der Waals surface area contributed by atoms with Gasteiger partial charge in [-0.05, 0) is 55.7 Å². The monoisotopic (exact) mass is 404 g/mol. The van der Waals surface area contributed by atoms with Crippen LogP contribution in [0.3, 0.4) is 0 Å². The van der Waals surface area contributed by atoms with E-state index in [2.05, 4.69) is 11.7 Å². The highest BCUT2D eigenvalue weighted by atomic mass is 19.3. The molecule has 0 aromatic heterocycles. The average Bonchev–Trinajstić information content (AvgIpc) is 2.69. The van der Waals surface area contributed by atoms with E-state index in [1.807, 2.05) is 0 Å². The summed E-state index contributed by atoms with van der Waals surface area (Å²) in [6, 6.07) is 6.04. The van der Waals surface area contributed by atoms with E-state index in [1.165, 1.54) is 12.1 Å². The highest BCUT2D eigenvalue weighted by Gasteiger charge is 2.44. The maximum absolute atomic E-state index is 13.0. The van der Waals surface area contributed by atoms with Crippen LogP contribution in [0.2, 0.25) is 0 Å². The molecule has 2 fully saturated rings. The van der Waals surface area contributed by atoms with Crippen LogP contribution in [-0.2, 0) is 9.47 Å². The predicted molar refractivity (Wildman–Crippen MR) is 96.8 cm³/mol. The molecule has 2 aliphatic rings. The number of halogens is 4. The summed E-state index contributed by atoms with van der Waals surface area (Å²) in [4.78, 5) is 0. The number of hydrogen-bond acceptors (Lipinski definition) is 3. The van der Waals surface area contributed by atoms with Gasteiger partial charge in [-0.2, -0.15) is 17.6 Å². The summed E-state index contributed by atoms with van der Waals surface area (Å²) in [6.07, 6.45) is -2.32. The Kier molecular flexibility index (Phi) is 7.20. The van der Waals surface area contributed by atoms with Crippen molar-refractivity contribution in [2.45, 2.75) is 70.2 Å². The molecule has 28 heavy (non-hydrogen) atoms. The Morgan fingerprint density at radius 3 is 2.18 bits per heavy atom. The van der Waals surface area contributed by atoms with Crippen LogP contribution in [0.15, 0.2) is 24.3 Å². The minimum Gasteiger partial charge on any atom is -0.428 e. The molecule has 3 nitrogen and oxygen atoms in total. The van der Waals surface area contributed by atoms with Gasteiger partial charge < -0.3 is 14.2 Å². The first-order chi connectivity index (χ1) is 13.4. The van der Waals surface area contributed by atoms with Crippen LogP contribution >= 0.6 is 0 Å².